The zero-order chi connectivity index (χ0) is 9.80. The average molecular weight is 192 g/mol. The van der Waals surface area contributed by atoms with Crippen molar-refractivity contribution in [3.05, 3.63) is 18.2 Å². The number of nitrogens with zero attached hydrogens (tertiary/aromatic N) is 1. The van der Waals surface area contributed by atoms with Gasteiger partial charge in [-0.25, -0.2) is 4.98 Å². The predicted octanol–water partition coefficient (Wildman–Crippen LogP) is 0.828. The van der Waals surface area contributed by atoms with Crippen molar-refractivity contribution < 1.29 is 0 Å². The normalized spacial score (nSPS) is 21.9. The minimum absolute atomic E-state index is 0.484. The van der Waals surface area contributed by atoms with Crippen LogP contribution in [0.1, 0.15) is 12.8 Å². The van der Waals surface area contributed by atoms with Gasteiger partial charge in [0.15, 0.2) is 0 Å². The molecular formula is C10H16N4. The van der Waals surface area contributed by atoms with Crippen LogP contribution in [-0.4, -0.2) is 24.1 Å². The predicted molar refractivity (Wildman–Crippen MR) is 58.2 cm³/mol. The number of nitrogens with one attached hydrogen (secondary N) is 2. The number of nitrogens with two attached hydrogens (primary N) is 1. The van der Waals surface area contributed by atoms with E-state index in [9.17, 15) is 0 Å². The van der Waals surface area contributed by atoms with Gasteiger partial charge < -0.3 is 16.4 Å². The highest BCUT2D eigenvalue weighted by Gasteiger charge is 2.12. The van der Waals surface area contributed by atoms with Crippen molar-refractivity contribution in [1.29, 1.82) is 0 Å². The number of aromatic nitrogens is 1. The first-order chi connectivity index (χ1) is 6.84. The van der Waals surface area contributed by atoms with Crippen molar-refractivity contribution >= 4 is 11.6 Å². The van der Waals surface area contributed by atoms with E-state index in [1.807, 2.05) is 12.1 Å². The average Bonchev–Trinajstić information content (AvgIpc) is 2.19. The quantitative estimate of drug-likeness (QED) is 0.649. The molecule has 0 amide bonds. The Kier molecular flexibility index (Phi) is 2.84. The summed E-state index contributed by atoms with van der Waals surface area (Å²) in [6, 6.07) is 6.15. The summed E-state index contributed by atoms with van der Waals surface area (Å²) in [5.41, 5.74) is 5.60. The Labute approximate surface area is 83.9 Å². The van der Waals surface area contributed by atoms with Crippen LogP contribution in [0, 0.1) is 0 Å². The van der Waals surface area contributed by atoms with Crippen LogP contribution in [0.4, 0.5) is 11.6 Å². The van der Waals surface area contributed by atoms with Gasteiger partial charge in [-0.15, -0.1) is 0 Å². The Morgan fingerprint density at radius 3 is 3.14 bits per heavy atom. The van der Waals surface area contributed by atoms with E-state index in [2.05, 4.69) is 15.6 Å². The Balaban J connectivity index is 1.95. The molecule has 1 aromatic heterocycles. The summed E-state index contributed by atoms with van der Waals surface area (Å²) < 4.78 is 0. The van der Waals surface area contributed by atoms with Crippen molar-refractivity contribution in [2.24, 2.45) is 0 Å². The topological polar surface area (TPSA) is 63.0 Å². The van der Waals surface area contributed by atoms with Gasteiger partial charge in [-0.3, -0.25) is 0 Å². The van der Waals surface area contributed by atoms with Crippen molar-refractivity contribution in [3.63, 3.8) is 0 Å². The second-order valence-electron chi connectivity index (χ2n) is 3.64. The summed E-state index contributed by atoms with van der Waals surface area (Å²) in [4.78, 5) is 4.21. The van der Waals surface area contributed by atoms with Crippen molar-refractivity contribution in [2.75, 3.05) is 24.1 Å². The molecule has 1 aromatic rings. The molecule has 1 aliphatic rings. The minimum atomic E-state index is 0.484. The summed E-state index contributed by atoms with van der Waals surface area (Å²) in [7, 11) is 0. The second-order valence-corrected chi connectivity index (χ2v) is 3.64. The highest BCUT2D eigenvalue weighted by atomic mass is 15.1. The lowest BCUT2D eigenvalue weighted by molar-refractivity contribution is 0.479. The molecule has 0 bridgehead atoms. The van der Waals surface area contributed by atoms with Gasteiger partial charge in [-0.2, -0.15) is 0 Å². The molecular weight excluding hydrogens is 176 g/mol. The maximum absolute atomic E-state index is 5.60. The fourth-order valence-corrected chi connectivity index (χ4v) is 1.72. The van der Waals surface area contributed by atoms with E-state index < -0.39 is 0 Å². The molecule has 0 spiro atoms. The van der Waals surface area contributed by atoms with Crippen LogP contribution < -0.4 is 16.4 Å². The Morgan fingerprint density at radius 2 is 2.43 bits per heavy atom. The molecule has 1 fully saturated rings. The lowest BCUT2D eigenvalue weighted by Crippen LogP contribution is -2.38. The fourth-order valence-electron chi connectivity index (χ4n) is 1.72. The van der Waals surface area contributed by atoms with Crippen molar-refractivity contribution in [3.8, 4) is 0 Å². The molecule has 0 unspecified atom stereocenters. The van der Waals surface area contributed by atoms with Crippen molar-refractivity contribution in [2.45, 2.75) is 18.9 Å². The van der Waals surface area contributed by atoms with Crippen LogP contribution in [-0.2, 0) is 0 Å². The van der Waals surface area contributed by atoms with E-state index in [1.165, 1.54) is 12.8 Å². The van der Waals surface area contributed by atoms with Crippen molar-refractivity contribution in [1.82, 2.24) is 10.3 Å². The van der Waals surface area contributed by atoms with Gasteiger partial charge >= 0.3 is 0 Å². The number of rotatable bonds is 2. The summed E-state index contributed by atoms with van der Waals surface area (Å²) >= 11 is 0. The second kappa shape index (κ2) is 4.28. The van der Waals surface area contributed by atoms with E-state index in [0.717, 1.165) is 18.9 Å². The standard InChI is InChI=1S/C10H16N4/c11-9-4-1-5-10(14-9)13-8-3-2-6-12-7-8/h1,4-5,8,12H,2-3,6-7H2,(H3,11,13,14)/t8-/m0/s1. The number of hydrogen-bond acceptors (Lipinski definition) is 4. The third-order valence-corrected chi connectivity index (χ3v) is 2.42. The molecule has 0 aliphatic carbocycles. The first-order valence-electron chi connectivity index (χ1n) is 5.04. The molecule has 76 valence electrons. The van der Waals surface area contributed by atoms with Crippen LogP contribution >= 0.6 is 0 Å². The van der Waals surface area contributed by atoms with E-state index in [1.54, 1.807) is 6.07 Å². The highest BCUT2D eigenvalue weighted by molar-refractivity contribution is 5.42. The van der Waals surface area contributed by atoms with E-state index in [4.69, 9.17) is 5.73 Å². The maximum Gasteiger partial charge on any atom is 0.128 e. The van der Waals surface area contributed by atoms with Crippen LogP contribution in [0.15, 0.2) is 18.2 Å². The Morgan fingerprint density at radius 1 is 1.50 bits per heavy atom. The number of hydrogen-bond donors (Lipinski definition) is 3. The van der Waals surface area contributed by atoms with Crippen LogP contribution in [0.25, 0.3) is 0 Å². The van der Waals surface area contributed by atoms with Gasteiger partial charge in [0.25, 0.3) is 0 Å². The third kappa shape index (κ3) is 2.35. The van der Waals surface area contributed by atoms with Crippen LogP contribution in [0.3, 0.4) is 0 Å². The summed E-state index contributed by atoms with van der Waals surface area (Å²) in [5.74, 6) is 1.44. The molecule has 1 saturated heterocycles. The SMILES string of the molecule is Nc1cccc(N[C@H]2CCCNC2)n1. The van der Waals surface area contributed by atoms with Crippen LogP contribution in [0.5, 0.6) is 0 Å². The van der Waals surface area contributed by atoms with Gasteiger partial charge in [0.2, 0.25) is 0 Å². The third-order valence-electron chi connectivity index (χ3n) is 2.42. The first kappa shape index (κ1) is 9.27. The lowest BCUT2D eigenvalue weighted by atomic mass is 10.1. The molecule has 0 radical (unpaired) electrons. The molecule has 0 saturated carbocycles. The zero-order valence-electron chi connectivity index (χ0n) is 8.16. The molecule has 2 rings (SSSR count). The molecule has 1 atom stereocenters. The molecule has 4 nitrogen and oxygen atoms in total. The molecule has 1 aliphatic heterocycles. The smallest absolute Gasteiger partial charge is 0.128 e. The van der Waals surface area contributed by atoms with Gasteiger partial charge in [0.05, 0.1) is 0 Å². The highest BCUT2D eigenvalue weighted by Crippen LogP contribution is 2.11. The largest absolute Gasteiger partial charge is 0.384 e. The molecule has 0 aromatic carbocycles. The molecule has 2 heterocycles. The van der Waals surface area contributed by atoms with E-state index in [-0.39, 0.29) is 0 Å². The summed E-state index contributed by atoms with van der Waals surface area (Å²) in [6.45, 7) is 2.14. The number of pyridine rings is 1. The van der Waals surface area contributed by atoms with Gasteiger partial charge in [-0.05, 0) is 31.5 Å². The molecule has 14 heavy (non-hydrogen) atoms. The zero-order valence-corrected chi connectivity index (χ0v) is 8.16. The Bertz CT molecular complexity index is 294. The molecule has 4 heteroatoms. The van der Waals surface area contributed by atoms with E-state index in [0.29, 0.717) is 11.9 Å². The molecule has 4 N–H and O–H groups in total. The van der Waals surface area contributed by atoms with Gasteiger partial charge in [0, 0.05) is 12.6 Å². The van der Waals surface area contributed by atoms with Gasteiger partial charge in [-0.1, -0.05) is 6.07 Å². The lowest BCUT2D eigenvalue weighted by Gasteiger charge is -2.24. The number of nitrogen functional groups attached to an aromatic ring is 1. The first-order valence-corrected chi connectivity index (χ1v) is 5.04. The summed E-state index contributed by atoms with van der Waals surface area (Å²) in [6.07, 6.45) is 2.42. The monoisotopic (exact) mass is 192 g/mol. The minimum Gasteiger partial charge on any atom is -0.384 e. The number of anilines is 2. The maximum atomic E-state index is 5.60. The van der Waals surface area contributed by atoms with E-state index >= 15 is 0 Å². The fraction of sp³-hybridized carbons (Fsp3) is 0.500. The number of piperidine rings is 1. The summed E-state index contributed by atoms with van der Waals surface area (Å²) in [5, 5.41) is 6.72. The Hall–Kier alpha value is -1.29. The van der Waals surface area contributed by atoms with Crippen LogP contribution in [0.2, 0.25) is 0 Å². The van der Waals surface area contributed by atoms with Gasteiger partial charge in [0.1, 0.15) is 11.6 Å².